The van der Waals surface area contributed by atoms with Gasteiger partial charge in [0.15, 0.2) is 5.78 Å². The molecule has 0 bridgehead atoms. The zero-order valence-electron chi connectivity index (χ0n) is 11.0. The Bertz CT molecular complexity index is 622. The van der Waals surface area contributed by atoms with Crippen molar-refractivity contribution >= 4 is 17.1 Å². The van der Waals surface area contributed by atoms with Crippen LogP contribution < -0.4 is 4.74 Å². The number of hydrogen-bond acceptors (Lipinski definition) is 4. The molecule has 2 aromatic rings. The van der Waals surface area contributed by atoms with Crippen LogP contribution in [0.15, 0.2) is 18.2 Å². The summed E-state index contributed by atoms with van der Waals surface area (Å²) in [5.41, 5.74) is 1.45. The highest BCUT2D eigenvalue weighted by atomic mass is 32.1. The van der Waals surface area contributed by atoms with Crippen molar-refractivity contribution in [3.63, 3.8) is 0 Å². The fraction of sp³-hybridized carbons (Fsp3) is 0.286. The number of benzene rings is 1. The summed E-state index contributed by atoms with van der Waals surface area (Å²) in [7, 11) is 1.55. The number of carbonyl (C=O) groups excluding carboxylic acids is 1. The van der Waals surface area contributed by atoms with Crippen LogP contribution in [0.4, 0.5) is 4.39 Å². The maximum Gasteiger partial charge on any atom is 0.171 e. The molecule has 0 saturated carbocycles. The maximum absolute atomic E-state index is 13.3. The topological polar surface area (TPSA) is 39.2 Å². The van der Waals surface area contributed by atoms with Crippen molar-refractivity contribution in [2.45, 2.75) is 20.3 Å². The third-order valence-corrected chi connectivity index (χ3v) is 4.00. The van der Waals surface area contributed by atoms with Crippen molar-refractivity contribution in [3.8, 4) is 5.75 Å². The van der Waals surface area contributed by atoms with Crippen LogP contribution in [0.1, 0.15) is 32.9 Å². The minimum Gasteiger partial charge on any atom is -0.496 e. The first kappa shape index (κ1) is 13.7. The molecule has 100 valence electrons. The number of methoxy groups -OCH3 is 1. The van der Waals surface area contributed by atoms with Crippen LogP contribution in [-0.4, -0.2) is 17.9 Å². The quantitative estimate of drug-likeness (QED) is 0.805. The van der Waals surface area contributed by atoms with Crippen molar-refractivity contribution in [1.82, 2.24) is 4.98 Å². The van der Waals surface area contributed by atoms with Gasteiger partial charge in [-0.2, -0.15) is 0 Å². The second-order valence-corrected chi connectivity index (χ2v) is 5.29. The van der Waals surface area contributed by atoms with Gasteiger partial charge in [0.2, 0.25) is 0 Å². The minimum absolute atomic E-state index is 0.00690. The van der Waals surface area contributed by atoms with Gasteiger partial charge >= 0.3 is 0 Å². The van der Waals surface area contributed by atoms with Crippen LogP contribution in [0.3, 0.4) is 0 Å². The van der Waals surface area contributed by atoms with Gasteiger partial charge in [-0.1, -0.05) is 0 Å². The molecule has 19 heavy (non-hydrogen) atoms. The van der Waals surface area contributed by atoms with Gasteiger partial charge in [-0.05, 0) is 25.1 Å². The number of carbonyl (C=O) groups is 1. The Kier molecular flexibility index (Phi) is 3.95. The van der Waals surface area contributed by atoms with Crippen molar-refractivity contribution < 1.29 is 13.9 Å². The molecular weight excluding hydrogens is 265 g/mol. The van der Waals surface area contributed by atoms with Gasteiger partial charge in [-0.25, -0.2) is 9.37 Å². The van der Waals surface area contributed by atoms with E-state index in [1.54, 1.807) is 20.1 Å². The van der Waals surface area contributed by atoms with Crippen molar-refractivity contribution in [3.05, 3.63) is 45.2 Å². The summed E-state index contributed by atoms with van der Waals surface area (Å²) in [6, 6.07) is 4.39. The molecule has 0 unspecified atom stereocenters. The number of aromatic nitrogens is 1. The highest BCUT2D eigenvalue weighted by Gasteiger charge is 2.13. The van der Waals surface area contributed by atoms with E-state index in [2.05, 4.69) is 4.98 Å². The number of nitrogens with zero attached hydrogens (tertiary/aromatic N) is 1. The molecule has 0 aliphatic rings. The van der Waals surface area contributed by atoms with E-state index < -0.39 is 0 Å². The van der Waals surface area contributed by atoms with Crippen LogP contribution in [0.2, 0.25) is 0 Å². The van der Waals surface area contributed by atoms with E-state index in [4.69, 9.17) is 4.74 Å². The predicted octanol–water partition coefficient (Wildman–Crippen LogP) is 3.39. The number of aryl methyl sites for hydroxylation is 1. The smallest absolute Gasteiger partial charge is 0.171 e. The van der Waals surface area contributed by atoms with E-state index >= 15 is 0 Å². The second kappa shape index (κ2) is 5.48. The Morgan fingerprint density at radius 1 is 1.47 bits per heavy atom. The Hall–Kier alpha value is -1.75. The molecule has 1 aromatic heterocycles. The lowest BCUT2D eigenvalue weighted by Crippen LogP contribution is -1.94. The van der Waals surface area contributed by atoms with E-state index in [0.717, 1.165) is 16.3 Å². The fourth-order valence-electron chi connectivity index (χ4n) is 1.90. The van der Waals surface area contributed by atoms with Crippen molar-refractivity contribution in [2.24, 2.45) is 0 Å². The van der Waals surface area contributed by atoms with Gasteiger partial charge in [-0.15, -0.1) is 11.3 Å². The van der Waals surface area contributed by atoms with E-state index in [9.17, 15) is 9.18 Å². The summed E-state index contributed by atoms with van der Waals surface area (Å²) in [6.07, 6.45) is 0.458. The van der Waals surface area contributed by atoms with Gasteiger partial charge in [0.05, 0.1) is 22.7 Å². The van der Waals surface area contributed by atoms with Gasteiger partial charge in [0.25, 0.3) is 0 Å². The van der Waals surface area contributed by atoms with E-state index in [1.807, 2.05) is 0 Å². The first-order chi connectivity index (χ1) is 9.01. The van der Waals surface area contributed by atoms with Gasteiger partial charge in [0, 0.05) is 18.9 Å². The van der Waals surface area contributed by atoms with E-state index in [-0.39, 0.29) is 11.6 Å². The zero-order chi connectivity index (χ0) is 14.0. The summed E-state index contributed by atoms with van der Waals surface area (Å²) in [5, 5.41) is 0.784. The number of ketones is 1. The highest BCUT2D eigenvalue weighted by molar-refractivity contribution is 7.13. The molecule has 0 N–H and O–H groups in total. The Morgan fingerprint density at radius 2 is 2.21 bits per heavy atom. The summed E-state index contributed by atoms with van der Waals surface area (Å²) >= 11 is 1.35. The van der Waals surface area contributed by atoms with Gasteiger partial charge in [-0.3, -0.25) is 4.79 Å². The Labute approximate surface area is 115 Å². The number of rotatable bonds is 4. The van der Waals surface area contributed by atoms with Crippen molar-refractivity contribution in [2.75, 3.05) is 7.11 Å². The average Bonchev–Trinajstić information content (AvgIpc) is 2.71. The van der Waals surface area contributed by atoms with Crippen LogP contribution >= 0.6 is 11.3 Å². The average molecular weight is 279 g/mol. The molecule has 5 heteroatoms. The van der Waals surface area contributed by atoms with Crippen LogP contribution in [0.25, 0.3) is 0 Å². The van der Waals surface area contributed by atoms with Crippen LogP contribution in [-0.2, 0) is 6.42 Å². The molecular formula is C14H14FNO2S. The Morgan fingerprint density at radius 3 is 2.79 bits per heavy atom. The standard InChI is InChI=1S/C14H14FNO2S/c1-8-14(9(2)17)19-13(16-8)7-10-6-11(15)4-5-12(10)18-3/h4-6H,7H2,1-3H3. The third-order valence-electron chi connectivity index (χ3n) is 2.74. The lowest BCUT2D eigenvalue weighted by molar-refractivity contribution is 0.102. The molecule has 1 heterocycles. The SMILES string of the molecule is COc1ccc(F)cc1Cc1nc(C)c(C(C)=O)s1. The van der Waals surface area contributed by atoms with E-state index in [1.165, 1.54) is 30.4 Å². The summed E-state index contributed by atoms with van der Waals surface area (Å²) < 4.78 is 18.5. The minimum atomic E-state index is -0.309. The molecule has 0 saturated heterocycles. The highest BCUT2D eigenvalue weighted by Crippen LogP contribution is 2.26. The first-order valence-corrected chi connectivity index (χ1v) is 6.62. The van der Waals surface area contributed by atoms with Crippen molar-refractivity contribution in [1.29, 1.82) is 0 Å². The lowest BCUT2D eigenvalue weighted by atomic mass is 10.1. The first-order valence-electron chi connectivity index (χ1n) is 5.81. The van der Waals surface area contributed by atoms with Crippen LogP contribution in [0, 0.1) is 12.7 Å². The monoisotopic (exact) mass is 279 g/mol. The molecule has 0 atom stereocenters. The number of ether oxygens (including phenoxy) is 1. The lowest BCUT2D eigenvalue weighted by Gasteiger charge is -2.06. The number of hydrogen-bond donors (Lipinski definition) is 0. The number of Topliss-reactive ketones (excluding diaryl/α,β-unsaturated/α-hetero) is 1. The summed E-state index contributed by atoms with van der Waals surface area (Å²) in [5.74, 6) is 0.321. The second-order valence-electron chi connectivity index (χ2n) is 4.21. The molecule has 0 fully saturated rings. The largest absolute Gasteiger partial charge is 0.496 e. The maximum atomic E-state index is 13.3. The molecule has 0 aliphatic heterocycles. The fourth-order valence-corrected chi connectivity index (χ4v) is 2.89. The molecule has 3 nitrogen and oxygen atoms in total. The predicted molar refractivity (Wildman–Crippen MR) is 72.6 cm³/mol. The number of thiazole rings is 1. The Balaban J connectivity index is 2.33. The third kappa shape index (κ3) is 2.98. The molecule has 0 spiro atoms. The van der Waals surface area contributed by atoms with Gasteiger partial charge in [0.1, 0.15) is 11.6 Å². The van der Waals surface area contributed by atoms with Gasteiger partial charge < -0.3 is 4.74 Å². The molecule has 0 radical (unpaired) electrons. The molecule has 0 amide bonds. The molecule has 2 rings (SSSR count). The summed E-state index contributed by atoms with van der Waals surface area (Å²) in [4.78, 5) is 16.4. The molecule has 0 aliphatic carbocycles. The summed E-state index contributed by atoms with van der Waals surface area (Å²) in [6.45, 7) is 3.33. The number of halogens is 1. The zero-order valence-corrected chi connectivity index (χ0v) is 11.8. The van der Waals surface area contributed by atoms with Crippen LogP contribution in [0.5, 0.6) is 5.75 Å². The molecule has 1 aromatic carbocycles. The van der Waals surface area contributed by atoms with E-state index in [0.29, 0.717) is 17.0 Å². The normalized spacial score (nSPS) is 10.5.